The van der Waals surface area contributed by atoms with E-state index in [1.165, 1.54) is 0 Å². The van der Waals surface area contributed by atoms with Crippen LogP contribution >= 0.6 is 0 Å². The van der Waals surface area contributed by atoms with Crippen LogP contribution in [0.1, 0.15) is 79.1 Å². The van der Waals surface area contributed by atoms with Gasteiger partial charge in [-0.1, -0.05) is 6.92 Å². The quantitative estimate of drug-likeness (QED) is 0.312. The number of Topliss-reactive ketones (excluding diaryl/α,β-unsaturated/α-hetero) is 1. The van der Waals surface area contributed by atoms with Crippen LogP contribution in [0, 0.1) is 39.9 Å². The largest absolute Gasteiger partial charge is 0.461 e. The zero-order valence-corrected chi connectivity index (χ0v) is 21.7. The predicted molar refractivity (Wildman–Crippen MR) is 125 cm³/mol. The molecule has 5 saturated carbocycles. The van der Waals surface area contributed by atoms with Crippen molar-refractivity contribution >= 4 is 11.8 Å². The van der Waals surface area contributed by atoms with E-state index in [0.29, 0.717) is 19.3 Å². The fourth-order valence-corrected chi connectivity index (χ4v) is 10.9. The van der Waals surface area contributed by atoms with Gasteiger partial charge in [-0.3, -0.25) is 9.59 Å². The van der Waals surface area contributed by atoms with E-state index in [0.717, 1.165) is 25.7 Å². The molecule has 8 fully saturated rings. The number of aliphatic hydroxyl groups excluding tert-OH is 2. The average molecular weight is 505 g/mol. The first kappa shape index (κ1) is 24.0. The minimum absolute atomic E-state index is 0.0129. The highest BCUT2D eigenvalue weighted by molar-refractivity contribution is 5.89. The monoisotopic (exact) mass is 504 g/mol. The highest BCUT2D eigenvalue weighted by atomic mass is 16.6. The zero-order chi connectivity index (χ0) is 25.8. The van der Waals surface area contributed by atoms with E-state index < -0.39 is 51.4 Å². The molecule has 8 aliphatic rings. The summed E-state index contributed by atoms with van der Waals surface area (Å²) < 4.78 is 12.0. The Balaban J connectivity index is 1.23. The second-order valence-electron chi connectivity index (χ2n) is 14.3. The van der Waals surface area contributed by atoms with E-state index >= 15 is 0 Å². The fourth-order valence-electron chi connectivity index (χ4n) is 10.9. The minimum atomic E-state index is -1.16. The smallest absolute Gasteiger partial charge is 0.315 e. The Kier molecular flexibility index (Phi) is 4.37. The first-order valence-electron chi connectivity index (χ1n) is 13.9. The SMILES string of the molecule is C[C@@]12C[C@@H]([C@@]3(O)CC[C@H]4[C@@H]5C[C@H]6O[C@]67[C@@H](O)[C@@H](O)CC(=O)[C@]7(C)[C@H]5CC[C@@]43C)[C@@H](C[C@@]1(C)O)OC2=O. The summed E-state index contributed by atoms with van der Waals surface area (Å²) in [7, 11) is 0. The highest BCUT2D eigenvalue weighted by Crippen LogP contribution is 2.75. The van der Waals surface area contributed by atoms with Gasteiger partial charge < -0.3 is 29.9 Å². The second kappa shape index (κ2) is 6.56. The van der Waals surface area contributed by atoms with Gasteiger partial charge in [-0.25, -0.2) is 0 Å². The number of carbonyl (C=O) groups excluding carboxylic acids is 2. The fraction of sp³-hybridized carbons (Fsp3) is 0.929. The van der Waals surface area contributed by atoms with Gasteiger partial charge in [0, 0.05) is 18.8 Å². The third kappa shape index (κ3) is 2.30. The van der Waals surface area contributed by atoms with Gasteiger partial charge in [0.1, 0.15) is 23.6 Å². The molecule has 200 valence electrons. The van der Waals surface area contributed by atoms with Crippen molar-refractivity contribution in [1.82, 2.24) is 0 Å². The Morgan fingerprint density at radius 3 is 2.31 bits per heavy atom. The summed E-state index contributed by atoms with van der Waals surface area (Å²) in [6, 6.07) is 0. The molecule has 1 spiro atoms. The average Bonchev–Trinajstić information content (AvgIpc) is 3.46. The number of ketones is 1. The maximum Gasteiger partial charge on any atom is 0.315 e. The number of esters is 1. The van der Waals surface area contributed by atoms with E-state index in [-0.39, 0.29) is 47.9 Å². The van der Waals surface area contributed by atoms with Crippen molar-refractivity contribution in [2.75, 3.05) is 0 Å². The molecule has 8 rings (SSSR count). The molecule has 0 amide bonds. The van der Waals surface area contributed by atoms with Crippen molar-refractivity contribution in [2.45, 2.75) is 120 Å². The number of ether oxygens (including phenoxy) is 2. The number of carbonyl (C=O) groups is 2. The maximum absolute atomic E-state index is 13.5. The summed E-state index contributed by atoms with van der Waals surface area (Å²) in [5, 5.41) is 44.9. The summed E-state index contributed by atoms with van der Waals surface area (Å²) in [6.07, 6.45) is 1.44. The van der Waals surface area contributed by atoms with Gasteiger partial charge in [0.15, 0.2) is 0 Å². The summed E-state index contributed by atoms with van der Waals surface area (Å²) >= 11 is 0. The molecule has 36 heavy (non-hydrogen) atoms. The van der Waals surface area contributed by atoms with Crippen LogP contribution in [0.3, 0.4) is 0 Å². The van der Waals surface area contributed by atoms with Gasteiger partial charge in [-0.2, -0.15) is 0 Å². The molecule has 5 aliphatic carbocycles. The molecule has 8 heteroatoms. The molecule has 0 aromatic carbocycles. The Bertz CT molecular complexity index is 1060. The lowest BCUT2D eigenvalue weighted by Gasteiger charge is -2.63. The van der Waals surface area contributed by atoms with Gasteiger partial charge >= 0.3 is 5.97 Å². The van der Waals surface area contributed by atoms with Crippen molar-refractivity contribution in [3.8, 4) is 0 Å². The molecule has 3 heterocycles. The Morgan fingerprint density at radius 2 is 1.61 bits per heavy atom. The molecule has 0 aromatic heterocycles. The topological polar surface area (TPSA) is 137 Å². The van der Waals surface area contributed by atoms with Crippen LogP contribution < -0.4 is 0 Å². The summed E-state index contributed by atoms with van der Waals surface area (Å²) in [5.41, 5.74) is -5.47. The van der Waals surface area contributed by atoms with Crippen LogP contribution in [0.5, 0.6) is 0 Å². The van der Waals surface area contributed by atoms with E-state index in [9.17, 15) is 30.0 Å². The van der Waals surface area contributed by atoms with Crippen molar-refractivity contribution in [2.24, 2.45) is 39.9 Å². The summed E-state index contributed by atoms with van der Waals surface area (Å²) in [4.78, 5) is 26.2. The molecular formula is C28H40O8. The summed E-state index contributed by atoms with van der Waals surface area (Å²) in [5.74, 6) is -0.230. The standard InChI is InChI=1S/C28H40O8/c1-23-7-5-15-13(9-20-28(36-20)21(31)17(29)10-19(30)26(15,28)4)14(23)6-8-27(23,34)16-11-24(2)22(32)35-18(16)12-25(24,3)33/h13-18,20-21,29,31,33-34H,5-12H2,1-4H3/t13-,14-,15-,16+,17-,18+,20+,21-,23-,24-,25+,26-,27-,28-/m0/s1. The predicted octanol–water partition coefficient (Wildman–Crippen LogP) is 1.49. The lowest BCUT2D eigenvalue weighted by Crippen LogP contribution is -2.71. The normalized spacial score (nSPS) is 65.2. The van der Waals surface area contributed by atoms with E-state index in [2.05, 4.69) is 6.92 Å². The molecule has 0 radical (unpaired) electrons. The van der Waals surface area contributed by atoms with Gasteiger partial charge in [-0.05, 0) is 82.5 Å². The molecule has 4 N–H and O–H groups in total. The number of fused-ring (bicyclic) bond motifs is 7. The van der Waals surface area contributed by atoms with Crippen LogP contribution in [-0.2, 0) is 19.1 Å². The molecule has 3 aliphatic heterocycles. The highest BCUT2D eigenvalue weighted by Gasteiger charge is 2.83. The first-order chi connectivity index (χ1) is 16.7. The molecule has 14 atom stereocenters. The second-order valence-corrected chi connectivity index (χ2v) is 14.3. The first-order valence-corrected chi connectivity index (χ1v) is 13.9. The minimum Gasteiger partial charge on any atom is -0.461 e. The van der Waals surface area contributed by atoms with E-state index in [1.807, 2.05) is 6.92 Å². The van der Waals surface area contributed by atoms with Gasteiger partial charge in [0.25, 0.3) is 0 Å². The van der Waals surface area contributed by atoms with Crippen molar-refractivity contribution in [3.05, 3.63) is 0 Å². The van der Waals surface area contributed by atoms with Crippen molar-refractivity contribution in [1.29, 1.82) is 0 Å². The van der Waals surface area contributed by atoms with Gasteiger partial charge in [0.05, 0.1) is 34.2 Å². The maximum atomic E-state index is 13.5. The Hall–Kier alpha value is -1.06. The van der Waals surface area contributed by atoms with E-state index in [4.69, 9.17) is 9.47 Å². The van der Waals surface area contributed by atoms with E-state index in [1.54, 1.807) is 13.8 Å². The van der Waals surface area contributed by atoms with Gasteiger partial charge in [0.2, 0.25) is 0 Å². The molecule has 8 nitrogen and oxygen atoms in total. The number of rotatable bonds is 1. The van der Waals surface area contributed by atoms with Crippen LogP contribution in [0.2, 0.25) is 0 Å². The van der Waals surface area contributed by atoms with Crippen LogP contribution in [0.4, 0.5) is 0 Å². The van der Waals surface area contributed by atoms with Crippen LogP contribution in [0.15, 0.2) is 0 Å². The Morgan fingerprint density at radius 1 is 0.917 bits per heavy atom. The molecule has 3 saturated heterocycles. The Labute approximate surface area is 211 Å². The summed E-state index contributed by atoms with van der Waals surface area (Å²) in [6.45, 7) is 7.62. The zero-order valence-electron chi connectivity index (χ0n) is 21.7. The molecular weight excluding hydrogens is 464 g/mol. The number of epoxide rings is 1. The number of hydrogen-bond donors (Lipinski definition) is 4. The van der Waals surface area contributed by atoms with Crippen molar-refractivity contribution in [3.63, 3.8) is 0 Å². The molecule has 0 unspecified atom stereocenters. The van der Waals surface area contributed by atoms with Crippen LogP contribution in [-0.4, -0.2) is 73.4 Å². The lowest BCUT2D eigenvalue weighted by atomic mass is 9.42. The molecule has 0 aromatic rings. The number of aliphatic hydroxyl groups is 4. The van der Waals surface area contributed by atoms with Crippen molar-refractivity contribution < 1.29 is 39.5 Å². The van der Waals surface area contributed by atoms with Crippen LogP contribution in [0.25, 0.3) is 0 Å². The third-order valence-electron chi connectivity index (χ3n) is 13.4. The number of hydrogen-bond acceptors (Lipinski definition) is 8. The molecule has 2 bridgehead atoms. The van der Waals surface area contributed by atoms with Gasteiger partial charge in [-0.15, -0.1) is 0 Å². The third-order valence-corrected chi connectivity index (χ3v) is 13.4. The lowest BCUT2D eigenvalue weighted by molar-refractivity contribution is -0.267.